The minimum Gasteiger partial charge on any atom is -0.508 e. The summed E-state index contributed by atoms with van der Waals surface area (Å²) in [7, 11) is 0. The maximum Gasteiger partial charge on any atom is 0.271 e. The SMILES string of the molecule is O=[N+]([O-])c1cccc(N=Nc2ccc(O)cc2)c1. The molecule has 0 bridgehead atoms. The molecule has 2 aromatic carbocycles. The van der Waals surface area contributed by atoms with Crippen LogP contribution < -0.4 is 0 Å². The summed E-state index contributed by atoms with van der Waals surface area (Å²) in [5.74, 6) is 0.143. The quantitative estimate of drug-likeness (QED) is 0.506. The van der Waals surface area contributed by atoms with Gasteiger partial charge in [0.25, 0.3) is 5.69 Å². The Hall–Kier alpha value is -2.76. The van der Waals surface area contributed by atoms with Gasteiger partial charge in [-0.1, -0.05) is 6.07 Å². The molecule has 0 aromatic heterocycles. The third-order valence-electron chi connectivity index (χ3n) is 2.17. The van der Waals surface area contributed by atoms with E-state index in [0.29, 0.717) is 11.4 Å². The number of phenols is 1. The topological polar surface area (TPSA) is 88.1 Å². The van der Waals surface area contributed by atoms with Crippen LogP contribution in [0.15, 0.2) is 58.8 Å². The molecule has 1 N–H and O–H groups in total. The van der Waals surface area contributed by atoms with Gasteiger partial charge in [-0.25, -0.2) is 0 Å². The predicted molar refractivity (Wildman–Crippen MR) is 65.4 cm³/mol. The number of benzene rings is 2. The van der Waals surface area contributed by atoms with Crippen molar-refractivity contribution in [1.29, 1.82) is 0 Å². The number of nitro benzene ring substituents is 1. The van der Waals surface area contributed by atoms with Gasteiger partial charge in [0.2, 0.25) is 0 Å². The van der Waals surface area contributed by atoms with Crippen LogP contribution in [-0.4, -0.2) is 10.0 Å². The molecular formula is C12H9N3O3. The van der Waals surface area contributed by atoms with Crippen molar-refractivity contribution in [2.45, 2.75) is 0 Å². The molecule has 2 aromatic rings. The van der Waals surface area contributed by atoms with Gasteiger partial charge in [0.1, 0.15) is 5.75 Å². The van der Waals surface area contributed by atoms with E-state index in [1.807, 2.05) is 0 Å². The van der Waals surface area contributed by atoms with Crippen molar-refractivity contribution in [1.82, 2.24) is 0 Å². The van der Waals surface area contributed by atoms with Gasteiger partial charge in [0, 0.05) is 12.1 Å². The zero-order valence-electron chi connectivity index (χ0n) is 9.22. The van der Waals surface area contributed by atoms with E-state index < -0.39 is 4.92 Å². The lowest BCUT2D eigenvalue weighted by molar-refractivity contribution is -0.384. The Labute approximate surface area is 102 Å². The van der Waals surface area contributed by atoms with Crippen molar-refractivity contribution in [2.24, 2.45) is 10.2 Å². The molecule has 2 rings (SSSR count). The molecule has 0 radical (unpaired) electrons. The molecule has 6 nitrogen and oxygen atoms in total. The largest absolute Gasteiger partial charge is 0.508 e. The number of hydrogen-bond acceptors (Lipinski definition) is 5. The van der Waals surface area contributed by atoms with E-state index in [-0.39, 0.29) is 11.4 Å². The Bertz CT molecular complexity index is 594. The van der Waals surface area contributed by atoms with Crippen molar-refractivity contribution in [2.75, 3.05) is 0 Å². The molecule has 6 heteroatoms. The number of non-ortho nitro benzene ring substituents is 1. The molecule has 0 saturated carbocycles. The minimum atomic E-state index is -0.487. The molecule has 0 saturated heterocycles. The van der Waals surface area contributed by atoms with E-state index in [1.54, 1.807) is 24.3 Å². The Balaban J connectivity index is 2.20. The highest BCUT2D eigenvalue weighted by Crippen LogP contribution is 2.23. The average Bonchev–Trinajstić information content (AvgIpc) is 2.38. The predicted octanol–water partition coefficient (Wildman–Crippen LogP) is 3.72. The van der Waals surface area contributed by atoms with Crippen molar-refractivity contribution >= 4 is 17.1 Å². The summed E-state index contributed by atoms with van der Waals surface area (Å²) in [6.07, 6.45) is 0. The van der Waals surface area contributed by atoms with Crippen LogP contribution in [0, 0.1) is 10.1 Å². The average molecular weight is 243 g/mol. The lowest BCUT2D eigenvalue weighted by atomic mass is 10.3. The van der Waals surface area contributed by atoms with E-state index in [0.717, 1.165) is 0 Å². The fourth-order valence-electron chi connectivity index (χ4n) is 1.30. The van der Waals surface area contributed by atoms with Crippen LogP contribution in [0.25, 0.3) is 0 Å². The van der Waals surface area contributed by atoms with E-state index in [4.69, 9.17) is 5.11 Å². The molecule has 0 atom stereocenters. The van der Waals surface area contributed by atoms with E-state index in [2.05, 4.69) is 10.2 Å². The highest BCUT2D eigenvalue weighted by atomic mass is 16.6. The van der Waals surface area contributed by atoms with Crippen molar-refractivity contribution < 1.29 is 10.0 Å². The normalized spacial score (nSPS) is 10.7. The number of nitrogens with zero attached hydrogens (tertiary/aromatic N) is 3. The highest BCUT2D eigenvalue weighted by Gasteiger charge is 2.04. The number of nitro groups is 1. The molecule has 18 heavy (non-hydrogen) atoms. The Kier molecular flexibility index (Phi) is 3.29. The summed E-state index contributed by atoms with van der Waals surface area (Å²) in [5, 5.41) is 27.5. The number of azo groups is 1. The lowest BCUT2D eigenvalue weighted by Gasteiger charge is -1.94. The second kappa shape index (κ2) is 5.05. The maximum atomic E-state index is 10.6. The zero-order valence-corrected chi connectivity index (χ0v) is 9.22. The van der Waals surface area contributed by atoms with E-state index in [1.165, 1.54) is 24.3 Å². The molecule has 0 unspecified atom stereocenters. The second-order valence-electron chi connectivity index (χ2n) is 3.49. The van der Waals surface area contributed by atoms with E-state index >= 15 is 0 Å². The van der Waals surface area contributed by atoms with Gasteiger partial charge in [0.15, 0.2) is 0 Å². The number of rotatable bonds is 3. The molecule has 0 aliphatic rings. The summed E-state index contributed by atoms with van der Waals surface area (Å²) in [6.45, 7) is 0. The molecule has 0 fully saturated rings. The summed E-state index contributed by atoms with van der Waals surface area (Å²) >= 11 is 0. The smallest absolute Gasteiger partial charge is 0.271 e. The van der Waals surface area contributed by atoms with Gasteiger partial charge in [-0.3, -0.25) is 10.1 Å². The van der Waals surface area contributed by atoms with Crippen LogP contribution >= 0.6 is 0 Å². The molecular weight excluding hydrogens is 234 g/mol. The number of phenolic OH excluding ortho intramolecular Hbond substituents is 1. The van der Waals surface area contributed by atoms with Crippen LogP contribution in [0.1, 0.15) is 0 Å². The van der Waals surface area contributed by atoms with Gasteiger partial charge >= 0.3 is 0 Å². The molecule has 0 aliphatic heterocycles. The van der Waals surface area contributed by atoms with Gasteiger partial charge in [-0.05, 0) is 30.3 Å². The van der Waals surface area contributed by atoms with Crippen LogP contribution in [0.2, 0.25) is 0 Å². The maximum absolute atomic E-state index is 10.6. The Morgan fingerprint density at radius 1 is 1.00 bits per heavy atom. The Morgan fingerprint density at radius 3 is 2.33 bits per heavy atom. The zero-order chi connectivity index (χ0) is 13.0. The van der Waals surface area contributed by atoms with Crippen LogP contribution in [-0.2, 0) is 0 Å². The fraction of sp³-hybridized carbons (Fsp3) is 0. The van der Waals surface area contributed by atoms with E-state index in [9.17, 15) is 10.1 Å². The highest BCUT2D eigenvalue weighted by molar-refractivity contribution is 5.47. The monoisotopic (exact) mass is 243 g/mol. The van der Waals surface area contributed by atoms with Crippen LogP contribution in [0.5, 0.6) is 5.75 Å². The minimum absolute atomic E-state index is 0.0304. The first kappa shape index (κ1) is 11.7. The van der Waals surface area contributed by atoms with Crippen molar-refractivity contribution in [3.05, 3.63) is 58.6 Å². The lowest BCUT2D eigenvalue weighted by Crippen LogP contribution is -1.85. The third kappa shape index (κ3) is 2.88. The fourth-order valence-corrected chi connectivity index (χ4v) is 1.30. The first-order valence-electron chi connectivity index (χ1n) is 5.10. The third-order valence-corrected chi connectivity index (χ3v) is 2.17. The number of hydrogen-bond donors (Lipinski definition) is 1. The molecule has 0 amide bonds. The van der Waals surface area contributed by atoms with Gasteiger partial charge < -0.3 is 5.11 Å². The van der Waals surface area contributed by atoms with Gasteiger partial charge in [-0.2, -0.15) is 10.2 Å². The second-order valence-corrected chi connectivity index (χ2v) is 3.49. The van der Waals surface area contributed by atoms with Gasteiger partial charge in [-0.15, -0.1) is 0 Å². The standard InChI is InChI=1S/C12H9N3O3/c16-12-6-4-9(5-7-12)13-14-10-2-1-3-11(8-10)15(17)18/h1-8,16H. The van der Waals surface area contributed by atoms with Crippen LogP contribution in [0.4, 0.5) is 17.1 Å². The first-order chi connectivity index (χ1) is 8.65. The molecule has 0 heterocycles. The van der Waals surface area contributed by atoms with Crippen molar-refractivity contribution in [3.63, 3.8) is 0 Å². The Morgan fingerprint density at radius 2 is 1.67 bits per heavy atom. The summed E-state index contributed by atoms with van der Waals surface area (Å²) in [4.78, 5) is 10.1. The van der Waals surface area contributed by atoms with Crippen LogP contribution in [0.3, 0.4) is 0 Å². The number of aromatic hydroxyl groups is 1. The molecule has 90 valence electrons. The van der Waals surface area contributed by atoms with Gasteiger partial charge in [0.05, 0.1) is 16.3 Å². The summed E-state index contributed by atoms with van der Waals surface area (Å²) in [6, 6.07) is 12.1. The first-order valence-corrected chi connectivity index (χ1v) is 5.10. The summed E-state index contributed by atoms with van der Waals surface area (Å²) in [5.41, 5.74) is 0.925. The summed E-state index contributed by atoms with van der Waals surface area (Å²) < 4.78 is 0. The molecule has 0 spiro atoms. The van der Waals surface area contributed by atoms with Crippen molar-refractivity contribution in [3.8, 4) is 5.75 Å². The molecule has 0 aliphatic carbocycles.